The van der Waals surface area contributed by atoms with E-state index in [0.29, 0.717) is 5.69 Å². The number of nitrogens with zero attached hydrogens (tertiary/aromatic N) is 2. The molecule has 0 aliphatic rings. The van der Waals surface area contributed by atoms with Crippen LogP contribution in [-0.4, -0.2) is 24.0 Å². The Hall–Kier alpha value is -2.30. The zero-order valence-corrected chi connectivity index (χ0v) is 12.6. The van der Waals surface area contributed by atoms with Crippen LogP contribution in [0.3, 0.4) is 0 Å². The molecule has 1 heterocycles. The lowest BCUT2D eigenvalue weighted by Gasteiger charge is -2.25. The van der Waals surface area contributed by atoms with Crippen molar-refractivity contribution in [2.75, 3.05) is 23.7 Å². The molecule has 0 saturated heterocycles. The second-order valence-electron chi connectivity index (χ2n) is 5.30. The number of primary amides is 1. The highest BCUT2D eigenvalue weighted by Gasteiger charge is 2.14. The van der Waals surface area contributed by atoms with Crippen LogP contribution in [0.15, 0.2) is 24.3 Å². The average Bonchev–Trinajstić information content (AvgIpc) is 2.42. The number of carbonyl (C=O) groups is 1. The summed E-state index contributed by atoms with van der Waals surface area (Å²) < 4.78 is 0. The number of rotatable bonds is 6. The number of hydrogen-bond acceptors (Lipinski definition) is 4. The van der Waals surface area contributed by atoms with Gasteiger partial charge in [0.25, 0.3) is 0 Å². The molecule has 1 amide bonds. The molecular weight excluding hydrogens is 264 g/mol. The van der Waals surface area contributed by atoms with E-state index >= 15 is 0 Å². The van der Waals surface area contributed by atoms with Gasteiger partial charge in [-0.05, 0) is 37.6 Å². The molecule has 0 radical (unpaired) electrons. The summed E-state index contributed by atoms with van der Waals surface area (Å²) in [5.74, 6) is -0.336. The number of carbonyl (C=O) groups excluding carboxylic acids is 1. The summed E-state index contributed by atoms with van der Waals surface area (Å²) in [6.45, 7) is 5.05. The highest BCUT2D eigenvalue weighted by atomic mass is 16.1. The monoisotopic (exact) mass is 286 g/mol. The van der Waals surface area contributed by atoms with Crippen LogP contribution in [0, 0.1) is 6.92 Å². The molecule has 1 aromatic carbocycles. The summed E-state index contributed by atoms with van der Waals surface area (Å²) in [6.07, 6.45) is 2.05. The molecule has 2 aromatic rings. The molecule has 5 heteroatoms. The number of nitrogen functional groups attached to an aromatic ring is 1. The molecule has 0 spiro atoms. The van der Waals surface area contributed by atoms with E-state index < -0.39 is 0 Å². The maximum atomic E-state index is 11.4. The third-order valence-corrected chi connectivity index (χ3v) is 3.41. The second kappa shape index (κ2) is 6.43. The van der Waals surface area contributed by atoms with Crippen molar-refractivity contribution in [2.45, 2.75) is 26.7 Å². The van der Waals surface area contributed by atoms with Gasteiger partial charge in [0.2, 0.25) is 5.91 Å². The van der Waals surface area contributed by atoms with Gasteiger partial charge >= 0.3 is 0 Å². The predicted molar refractivity (Wildman–Crippen MR) is 87.2 cm³/mol. The highest BCUT2D eigenvalue weighted by Crippen LogP contribution is 2.28. The van der Waals surface area contributed by atoms with Gasteiger partial charge in [-0.1, -0.05) is 13.3 Å². The summed E-state index contributed by atoms with van der Waals surface area (Å²) in [6, 6.07) is 7.63. The summed E-state index contributed by atoms with van der Waals surface area (Å²) in [4.78, 5) is 17.9. The number of hydrogen-bond donors (Lipinski definition) is 2. The van der Waals surface area contributed by atoms with Gasteiger partial charge in [0, 0.05) is 29.0 Å². The number of fused-ring (bicyclic) bond motifs is 1. The van der Waals surface area contributed by atoms with Gasteiger partial charge in [-0.2, -0.15) is 0 Å². The molecule has 2 rings (SSSR count). The zero-order chi connectivity index (χ0) is 15.4. The minimum atomic E-state index is -0.336. The molecular formula is C16H22N4O. The van der Waals surface area contributed by atoms with Gasteiger partial charge < -0.3 is 16.4 Å². The summed E-state index contributed by atoms with van der Waals surface area (Å²) in [5, 5.41) is 0.956. The fourth-order valence-corrected chi connectivity index (χ4v) is 2.44. The van der Waals surface area contributed by atoms with Crippen molar-refractivity contribution in [1.82, 2.24) is 4.98 Å². The molecule has 0 bridgehead atoms. The summed E-state index contributed by atoms with van der Waals surface area (Å²) in [5.41, 5.74) is 14.7. The molecule has 1 aromatic heterocycles. The van der Waals surface area contributed by atoms with Crippen molar-refractivity contribution in [3.8, 4) is 0 Å². The van der Waals surface area contributed by atoms with Crippen molar-refractivity contribution < 1.29 is 4.79 Å². The van der Waals surface area contributed by atoms with Gasteiger partial charge in [0.1, 0.15) is 0 Å². The molecule has 0 aliphatic heterocycles. The van der Waals surface area contributed by atoms with Gasteiger partial charge in [-0.25, -0.2) is 0 Å². The SMILES string of the molecule is CCCCN(CC(N)=O)c1cc(C)nc2ccc(N)cc12. The minimum Gasteiger partial charge on any atom is -0.399 e. The first-order valence-electron chi connectivity index (χ1n) is 7.21. The molecule has 0 saturated carbocycles. The largest absolute Gasteiger partial charge is 0.399 e. The topological polar surface area (TPSA) is 85.2 Å². The molecule has 112 valence electrons. The number of nitrogens with two attached hydrogens (primary N) is 2. The number of anilines is 2. The number of pyridine rings is 1. The Morgan fingerprint density at radius 3 is 2.76 bits per heavy atom. The standard InChI is InChI=1S/C16H22N4O/c1-3-4-7-20(10-16(18)21)15-8-11(2)19-14-6-5-12(17)9-13(14)15/h5-6,8-9H,3-4,7,10,17H2,1-2H3,(H2,18,21). The van der Waals surface area contributed by atoms with Gasteiger partial charge in [-0.3, -0.25) is 9.78 Å². The van der Waals surface area contributed by atoms with Crippen LogP contribution in [0.4, 0.5) is 11.4 Å². The molecule has 0 fully saturated rings. The molecule has 0 unspecified atom stereocenters. The Labute approximate surface area is 124 Å². The maximum absolute atomic E-state index is 11.4. The van der Waals surface area contributed by atoms with E-state index in [0.717, 1.165) is 41.7 Å². The number of amides is 1. The van der Waals surface area contributed by atoms with E-state index in [2.05, 4.69) is 11.9 Å². The molecule has 4 N–H and O–H groups in total. The first-order valence-corrected chi connectivity index (χ1v) is 7.21. The van der Waals surface area contributed by atoms with Crippen LogP contribution < -0.4 is 16.4 Å². The van der Waals surface area contributed by atoms with Crippen LogP contribution in [0.5, 0.6) is 0 Å². The van der Waals surface area contributed by atoms with Crippen molar-refractivity contribution >= 4 is 28.2 Å². The second-order valence-corrected chi connectivity index (χ2v) is 5.30. The Kier molecular flexibility index (Phi) is 4.62. The van der Waals surface area contributed by atoms with Gasteiger partial charge in [0.15, 0.2) is 0 Å². The molecule has 0 atom stereocenters. The zero-order valence-electron chi connectivity index (χ0n) is 12.6. The van der Waals surface area contributed by atoms with Crippen molar-refractivity contribution in [1.29, 1.82) is 0 Å². The van der Waals surface area contributed by atoms with E-state index in [4.69, 9.17) is 11.5 Å². The predicted octanol–water partition coefficient (Wildman–Crippen LogP) is 2.22. The lowest BCUT2D eigenvalue weighted by atomic mass is 10.1. The number of aryl methyl sites for hydroxylation is 1. The number of benzene rings is 1. The highest BCUT2D eigenvalue weighted by molar-refractivity contribution is 5.95. The lowest BCUT2D eigenvalue weighted by molar-refractivity contribution is -0.116. The normalized spacial score (nSPS) is 10.8. The molecule has 5 nitrogen and oxygen atoms in total. The maximum Gasteiger partial charge on any atom is 0.236 e. The van der Waals surface area contributed by atoms with E-state index in [1.54, 1.807) is 0 Å². The van der Waals surface area contributed by atoms with Crippen molar-refractivity contribution in [2.24, 2.45) is 5.73 Å². The first-order chi connectivity index (χ1) is 10.0. The van der Waals surface area contributed by atoms with Crippen LogP contribution in [0.25, 0.3) is 10.9 Å². The number of unbranched alkanes of at least 4 members (excludes halogenated alkanes) is 1. The Bertz CT molecular complexity index is 654. The lowest BCUT2D eigenvalue weighted by Crippen LogP contribution is -2.34. The van der Waals surface area contributed by atoms with Gasteiger partial charge in [-0.15, -0.1) is 0 Å². The Balaban J connectivity index is 2.53. The minimum absolute atomic E-state index is 0.202. The third-order valence-electron chi connectivity index (χ3n) is 3.41. The van der Waals surface area contributed by atoms with Crippen molar-refractivity contribution in [3.63, 3.8) is 0 Å². The van der Waals surface area contributed by atoms with E-state index in [9.17, 15) is 4.79 Å². The van der Waals surface area contributed by atoms with Crippen LogP contribution in [-0.2, 0) is 4.79 Å². The molecule has 21 heavy (non-hydrogen) atoms. The smallest absolute Gasteiger partial charge is 0.236 e. The van der Waals surface area contributed by atoms with Crippen LogP contribution in [0.2, 0.25) is 0 Å². The van der Waals surface area contributed by atoms with E-state index in [1.807, 2.05) is 36.1 Å². The van der Waals surface area contributed by atoms with Crippen molar-refractivity contribution in [3.05, 3.63) is 30.0 Å². The Morgan fingerprint density at radius 1 is 1.33 bits per heavy atom. The summed E-state index contributed by atoms with van der Waals surface area (Å²) in [7, 11) is 0. The Morgan fingerprint density at radius 2 is 2.10 bits per heavy atom. The van der Waals surface area contributed by atoms with Gasteiger partial charge in [0.05, 0.1) is 12.1 Å². The van der Waals surface area contributed by atoms with E-state index in [1.165, 1.54) is 0 Å². The van der Waals surface area contributed by atoms with E-state index in [-0.39, 0.29) is 12.5 Å². The molecule has 0 aliphatic carbocycles. The third kappa shape index (κ3) is 3.62. The number of aromatic nitrogens is 1. The quantitative estimate of drug-likeness (QED) is 0.797. The van der Waals surface area contributed by atoms with Crippen LogP contribution >= 0.6 is 0 Å². The first kappa shape index (κ1) is 15.1. The fourth-order valence-electron chi connectivity index (χ4n) is 2.44. The van der Waals surface area contributed by atoms with Crippen LogP contribution in [0.1, 0.15) is 25.5 Å². The summed E-state index contributed by atoms with van der Waals surface area (Å²) >= 11 is 0. The fraction of sp³-hybridized carbons (Fsp3) is 0.375. The average molecular weight is 286 g/mol.